The van der Waals surface area contributed by atoms with Crippen LogP contribution in [0.25, 0.3) is 0 Å². The molecule has 2 heterocycles. The molecule has 193 valence electrons. The number of hydrogen-bond acceptors (Lipinski definition) is 6. The molecule has 1 fully saturated rings. The number of rotatable bonds is 4. The average molecular weight is 495 g/mol. The van der Waals surface area contributed by atoms with Gasteiger partial charge < -0.3 is 14.4 Å². The van der Waals surface area contributed by atoms with E-state index in [1.807, 2.05) is 29.2 Å². The fraction of sp³-hybridized carbons (Fsp3) is 0.500. The highest BCUT2D eigenvalue weighted by atomic mass is 16.6. The van der Waals surface area contributed by atoms with Crippen molar-refractivity contribution in [1.29, 1.82) is 0 Å². The van der Waals surface area contributed by atoms with Crippen LogP contribution in [0.2, 0.25) is 0 Å². The summed E-state index contributed by atoms with van der Waals surface area (Å²) in [7, 11) is 0. The Hall–Kier alpha value is -3.42. The first-order valence-corrected chi connectivity index (χ1v) is 12.2. The lowest BCUT2D eigenvalue weighted by Crippen LogP contribution is -2.43. The van der Waals surface area contributed by atoms with Gasteiger partial charge >= 0.3 is 12.2 Å². The number of carbonyl (C=O) groups excluding carboxylic acids is 3. The zero-order valence-corrected chi connectivity index (χ0v) is 22.0. The molecule has 8 nitrogen and oxygen atoms in total. The van der Waals surface area contributed by atoms with Crippen molar-refractivity contribution in [3.8, 4) is 0 Å². The predicted molar refractivity (Wildman–Crippen MR) is 135 cm³/mol. The number of ether oxygens (including phenoxy) is 2. The summed E-state index contributed by atoms with van der Waals surface area (Å²) in [6.45, 7) is 11.8. The van der Waals surface area contributed by atoms with Crippen LogP contribution in [0.15, 0.2) is 42.7 Å². The highest BCUT2D eigenvalue weighted by molar-refractivity contribution is 5.93. The lowest BCUT2D eigenvalue weighted by atomic mass is 9.88. The van der Waals surface area contributed by atoms with E-state index in [1.165, 1.54) is 6.20 Å². The van der Waals surface area contributed by atoms with Gasteiger partial charge in [0.1, 0.15) is 11.2 Å². The van der Waals surface area contributed by atoms with Gasteiger partial charge in [-0.25, -0.2) is 14.5 Å². The van der Waals surface area contributed by atoms with Gasteiger partial charge in [-0.15, -0.1) is 0 Å². The fourth-order valence-corrected chi connectivity index (χ4v) is 4.01. The molecule has 0 atom stereocenters. The molecule has 3 amide bonds. The third kappa shape index (κ3) is 7.80. The van der Waals surface area contributed by atoms with Gasteiger partial charge in [0.25, 0.3) is 5.91 Å². The zero-order chi connectivity index (χ0) is 26.5. The largest absolute Gasteiger partial charge is 0.443 e. The van der Waals surface area contributed by atoms with Crippen LogP contribution < -0.4 is 0 Å². The normalized spacial score (nSPS) is 14.8. The number of benzene rings is 1. The molecule has 0 spiro atoms. The van der Waals surface area contributed by atoms with E-state index in [2.05, 4.69) is 11.1 Å². The molecular weight excluding hydrogens is 458 g/mol. The summed E-state index contributed by atoms with van der Waals surface area (Å²) in [5.74, 6) is 0.239. The third-order valence-electron chi connectivity index (χ3n) is 5.62. The van der Waals surface area contributed by atoms with Crippen LogP contribution in [-0.2, 0) is 16.0 Å². The van der Waals surface area contributed by atoms with Crippen molar-refractivity contribution in [1.82, 2.24) is 14.8 Å². The van der Waals surface area contributed by atoms with Crippen LogP contribution in [0, 0.1) is 6.07 Å². The van der Waals surface area contributed by atoms with Crippen LogP contribution >= 0.6 is 0 Å². The Balaban J connectivity index is 1.70. The van der Waals surface area contributed by atoms with E-state index in [4.69, 9.17) is 9.47 Å². The van der Waals surface area contributed by atoms with E-state index in [9.17, 15) is 14.4 Å². The van der Waals surface area contributed by atoms with Gasteiger partial charge in [-0.05, 0) is 77.5 Å². The van der Waals surface area contributed by atoms with Gasteiger partial charge in [-0.1, -0.05) is 24.3 Å². The number of imide groups is 1. The molecule has 1 aliphatic rings. The summed E-state index contributed by atoms with van der Waals surface area (Å²) in [6.07, 6.45) is 3.24. The second-order valence-corrected chi connectivity index (χ2v) is 11.0. The zero-order valence-electron chi connectivity index (χ0n) is 22.0. The minimum Gasteiger partial charge on any atom is -0.443 e. The lowest BCUT2D eigenvalue weighted by molar-refractivity contribution is -0.000272. The Kier molecular flexibility index (Phi) is 8.38. The van der Waals surface area contributed by atoms with Crippen LogP contribution in [0.5, 0.6) is 0 Å². The first kappa shape index (κ1) is 27.2. The van der Waals surface area contributed by atoms with Crippen molar-refractivity contribution in [2.45, 2.75) is 78.0 Å². The van der Waals surface area contributed by atoms with Gasteiger partial charge in [0.15, 0.2) is 0 Å². The first-order valence-electron chi connectivity index (χ1n) is 12.2. The van der Waals surface area contributed by atoms with Crippen LogP contribution in [-0.4, -0.2) is 57.2 Å². The maximum absolute atomic E-state index is 12.9. The Morgan fingerprint density at radius 1 is 1.03 bits per heavy atom. The Bertz CT molecular complexity index is 1040. The number of amides is 3. The molecule has 0 aliphatic carbocycles. The maximum atomic E-state index is 12.9. The second kappa shape index (κ2) is 11.1. The smallest absolute Gasteiger partial charge is 0.420 e. The lowest BCUT2D eigenvalue weighted by Gasteiger charge is -2.32. The number of likely N-dealkylation sites (tertiary alicyclic amines) is 1. The fourth-order valence-electron chi connectivity index (χ4n) is 4.01. The number of nitrogens with zero attached hydrogens (tertiary/aromatic N) is 3. The van der Waals surface area contributed by atoms with E-state index in [0.29, 0.717) is 18.7 Å². The summed E-state index contributed by atoms with van der Waals surface area (Å²) in [4.78, 5) is 45.3. The minimum absolute atomic E-state index is 0.0306. The molecule has 1 saturated heterocycles. The molecule has 0 bridgehead atoms. The van der Waals surface area contributed by atoms with Crippen molar-refractivity contribution in [2.75, 3.05) is 13.1 Å². The van der Waals surface area contributed by atoms with Gasteiger partial charge in [0.05, 0.1) is 12.1 Å². The summed E-state index contributed by atoms with van der Waals surface area (Å²) < 4.78 is 10.9. The molecule has 3 rings (SSSR count). The standard InChI is InChI=1S/C28H36N3O5/c1-27(2,3)35-25(33)31(26(34)36-28(4,5)6)19-20-9-7-10-22(17-20)21-12-15-30(16-13-21)24(32)23-11-8-14-29-18-23/h7,9-11,14,17-18,21H,12-13,15-16,19H2,1-6H3. The molecule has 1 aromatic heterocycles. The highest BCUT2D eigenvalue weighted by Crippen LogP contribution is 2.29. The molecule has 0 saturated carbocycles. The summed E-state index contributed by atoms with van der Waals surface area (Å²) in [5, 5.41) is 0. The molecule has 2 aromatic rings. The van der Waals surface area contributed by atoms with Gasteiger partial charge in [-0.3, -0.25) is 9.78 Å². The van der Waals surface area contributed by atoms with Gasteiger partial charge in [-0.2, -0.15) is 0 Å². The van der Waals surface area contributed by atoms with Crippen molar-refractivity contribution >= 4 is 18.1 Å². The minimum atomic E-state index is -0.752. The molecular formula is C28H36N3O5. The van der Waals surface area contributed by atoms with E-state index in [0.717, 1.165) is 28.9 Å². The van der Waals surface area contributed by atoms with E-state index in [1.54, 1.807) is 53.8 Å². The quantitative estimate of drug-likeness (QED) is 0.552. The van der Waals surface area contributed by atoms with Crippen molar-refractivity contribution in [3.63, 3.8) is 0 Å². The number of hydrogen-bond donors (Lipinski definition) is 0. The first-order chi connectivity index (χ1) is 16.8. The topological polar surface area (TPSA) is 89.0 Å². The van der Waals surface area contributed by atoms with Gasteiger partial charge in [0, 0.05) is 31.5 Å². The van der Waals surface area contributed by atoms with Gasteiger partial charge in [0.2, 0.25) is 0 Å². The van der Waals surface area contributed by atoms with Crippen LogP contribution in [0.4, 0.5) is 9.59 Å². The van der Waals surface area contributed by atoms with Crippen LogP contribution in [0.1, 0.15) is 81.8 Å². The molecule has 1 radical (unpaired) electrons. The highest BCUT2D eigenvalue weighted by Gasteiger charge is 2.32. The number of aromatic nitrogens is 1. The second-order valence-electron chi connectivity index (χ2n) is 11.0. The average Bonchev–Trinajstić information content (AvgIpc) is 2.80. The van der Waals surface area contributed by atoms with Crippen molar-refractivity contribution in [2.24, 2.45) is 0 Å². The Morgan fingerprint density at radius 3 is 2.17 bits per heavy atom. The Morgan fingerprint density at radius 2 is 1.64 bits per heavy atom. The van der Waals surface area contributed by atoms with E-state index in [-0.39, 0.29) is 18.4 Å². The predicted octanol–water partition coefficient (Wildman–Crippen LogP) is 5.57. The maximum Gasteiger partial charge on any atom is 0.420 e. The SMILES string of the molecule is CC(C)(C)OC(=O)N(Cc1cccc(C2CCN(C(=O)c3c[c]cnc3)CC2)c1)C(=O)OC(C)(C)C. The summed E-state index contributed by atoms with van der Waals surface area (Å²) in [5.41, 5.74) is 0.954. The summed E-state index contributed by atoms with van der Waals surface area (Å²) >= 11 is 0. The summed E-state index contributed by atoms with van der Waals surface area (Å²) in [6, 6.07) is 12.4. The number of piperidine rings is 1. The Labute approximate surface area is 213 Å². The number of carbonyl (C=O) groups is 3. The number of pyridine rings is 1. The molecule has 8 heteroatoms. The molecule has 0 N–H and O–H groups in total. The molecule has 1 aliphatic heterocycles. The molecule has 0 unspecified atom stereocenters. The monoisotopic (exact) mass is 494 g/mol. The van der Waals surface area contributed by atoms with E-state index < -0.39 is 23.4 Å². The molecule has 36 heavy (non-hydrogen) atoms. The van der Waals surface area contributed by atoms with Crippen molar-refractivity contribution < 1.29 is 23.9 Å². The van der Waals surface area contributed by atoms with Crippen LogP contribution in [0.3, 0.4) is 0 Å². The van der Waals surface area contributed by atoms with Crippen molar-refractivity contribution in [3.05, 3.63) is 65.5 Å². The molecule has 1 aromatic carbocycles. The van der Waals surface area contributed by atoms with E-state index >= 15 is 0 Å². The third-order valence-corrected chi connectivity index (χ3v) is 5.62.